The van der Waals surface area contributed by atoms with Crippen LogP contribution in [-0.4, -0.2) is 39.5 Å². The Morgan fingerprint density at radius 1 is 0.677 bits per heavy atom. The van der Waals surface area contributed by atoms with Crippen molar-refractivity contribution in [3.8, 4) is 11.1 Å². The first kappa shape index (κ1) is 21.7. The molecule has 1 aliphatic rings. The van der Waals surface area contributed by atoms with Crippen LogP contribution in [0.5, 0.6) is 0 Å². The summed E-state index contributed by atoms with van der Waals surface area (Å²) in [5.74, 6) is 0. The number of rotatable bonds is 5. The fraction of sp³-hybridized carbons (Fsp3) is 0.250. The minimum absolute atomic E-state index is 0.193. The molecule has 3 aromatic rings. The van der Waals surface area contributed by atoms with Crippen LogP contribution in [0.4, 0.5) is 0 Å². The fourth-order valence-electron chi connectivity index (χ4n) is 3.90. The van der Waals surface area contributed by atoms with Gasteiger partial charge < -0.3 is 0 Å². The highest BCUT2D eigenvalue weighted by atomic mass is 32.2. The third kappa shape index (κ3) is 4.44. The summed E-state index contributed by atoms with van der Waals surface area (Å²) < 4.78 is 53.2. The third-order valence-corrected chi connectivity index (χ3v) is 9.98. The molecule has 0 aromatic heterocycles. The molecule has 5 nitrogen and oxygen atoms in total. The van der Waals surface area contributed by atoms with Gasteiger partial charge in [0.25, 0.3) is 0 Å². The van der Waals surface area contributed by atoms with E-state index in [0.29, 0.717) is 4.90 Å². The van der Waals surface area contributed by atoms with Crippen molar-refractivity contribution in [2.75, 3.05) is 13.1 Å². The Hall–Kier alpha value is -2.48. The third-order valence-electron chi connectivity index (χ3n) is 5.79. The highest BCUT2D eigenvalue weighted by Crippen LogP contribution is 2.29. The van der Waals surface area contributed by atoms with Crippen LogP contribution >= 0.6 is 0 Å². The number of aryl methyl sites for hydroxylation is 1. The molecule has 3 aromatic carbocycles. The molecule has 1 fully saturated rings. The molecule has 0 bridgehead atoms. The van der Waals surface area contributed by atoms with Crippen LogP contribution in [0.15, 0.2) is 88.7 Å². The maximum Gasteiger partial charge on any atom is 0.243 e. The lowest BCUT2D eigenvalue weighted by Crippen LogP contribution is -2.42. The maximum absolute atomic E-state index is 13.1. The number of sulfone groups is 1. The molecule has 0 unspecified atom stereocenters. The lowest BCUT2D eigenvalue weighted by molar-refractivity contribution is 0.345. The van der Waals surface area contributed by atoms with Crippen molar-refractivity contribution in [3.05, 3.63) is 84.4 Å². The van der Waals surface area contributed by atoms with Crippen LogP contribution in [0, 0.1) is 6.92 Å². The highest BCUT2D eigenvalue weighted by molar-refractivity contribution is 7.92. The smallest absolute Gasteiger partial charge is 0.223 e. The van der Waals surface area contributed by atoms with Gasteiger partial charge in [0, 0.05) is 13.1 Å². The molecule has 4 rings (SSSR count). The van der Waals surface area contributed by atoms with Crippen LogP contribution in [0.2, 0.25) is 0 Å². The van der Waals surface area contributed by atoms with E-state index in [4.69, 9.17) is 0 Å². The van der Waals surface area contributed by atoms with Gasteiger partial charge in [-0.25, -0.2) is 16.8 Å². The summed E-state index contributed by atoms with van der Waals surface area (Å²) >= 11 is 0. The van der Waals surface area contributed by atoms with Gasteiger partial charge in [0.15, 0.2) is 9.84 Å². The minimum Gasteiger partial charge on any atom is -0.223 e. The van der Waals surface area contributed by atoms with Gasteiger partial charge in [-0.2, -0.15) is 4.31 Å². The molecule has 1 aliphatic heterocycles. The second-order valence-corrected chi connectivity index (χ2v) is 12.0. The SMILES string of the molecule is Cc1ccc(-c2ccc(S(=O)(=O)N3CCC(S(=O)(=O)c4ccccc4)CC3)cc2)cc1. The molecule has 0 atom stereocenters. The zero-order valence-electron chi connectivity index (χ0n) is 17.3. The van der Waals surface area contributed by atoms with Crippen molar-refractivity contribution >= 4 is 19.9 Å². The molecule has 0 aliphatic carbocycles. The number of nitrogens with zero attached hydrogens (tertiary/aromatic N) is 1. The van der Waals surface area contributed by atoms with Crippen molar-refractivity contribution in [1.82, 2.24) is 4.31 Å². The molecule has 1 heterocycles. The number of piperidine rings is 1. The van der Waals surface area contributed by atoms with E-state index in [9.17, 15) is 16.8 Å². The predicted octanol–water partition coefficient (Wildman–Crippen LogP) is 4.29. The Balaban J connectivity index is 1.47. The zero-order chi connectivity index (χ0) is 22.1. The summed E-state index contributed by atoms with van der Waals surface area (Å²) in [5, 5.41) is -0.565. The van der Waals surface area contributed by atoms with E-state index in [1.54, 1.807) is 42.5 Å². The Kier molecular flexibility index (Phi) is 6.01. The standard InChI is InChI=1S/C24H25NO4S2/c1-19-7-9-20(10-8-19)21-11-13-24(14-12-21)31(28,29)25-17-15-23(16-18-25)30(26,27)22-5-3-2-4-6-22/h2-14,23H,15-18H2,1H3. The molecular weight excluding hydrogens is 430 g/mol. The van der Waals surface area contributed by atoms with Crippen molar-refractivity contribution in [3.63, 3.8) is 0 Å². The molecule has 162 valence electrons. The zero-order valence-corrected chi connectivity index (χ0v) is 18.9. The molecule has 0 amide bonds. The van der Waals surface area contributed by atoms with Crippen LogP contribution in [-0.2, 0) is 19.9 Å². The Bertz CT molecular complexity index is 1240. The topological polar surface area (TPSA) is 71.5 Å². The molecule has 7 heteroatoms. The number of hydrogen-bond donors (Lipinski definition) is 0. The molecule has 0 saturated carbocycles. The van der Waals surface area contributed by atoms with Crippen molar-refractivity contribution in [2.24, 2.45) is 0 Å². The first-order valence-electron chi connectivity index (χ1n) is 10.2. The van der Waals surface area contributed by atoms with Crippen molar-refractivity contribution in [1.29, 1.82) is 0 Å². The van der Waals surface area contributed by atoms with Crippen LogP contribution in [0.25, 0.3) is 11.1 Å². The summed E-state index contributed by atoms with van der Waals surface area (Å²) in [6.45, 7) is 2.41. The summed E-state index contributed by atoms with van der Waals surface area (Å²) in [7, 11) is -7.12. The van der Waals surface area contributed by atoms with Crippen LogP contribution in [0.1, 0.15) is 18.4 Å². The Morgan fingerprint density at radius 2 is 1.19 bits per heavy atom. The summed E-state index contributed by atoms with van der Waals surface area (Å²) in [5.41, 5.74) is 3.15. The van der Waals surface area contributed by atoms with Crippen LogP contribution in [0.3, 0.4) is 0 Å². The fourth-order valence-corrected chi connectivity index (χ4v) is 7.12. The molecular formula is C24H25NO4S2. The lowest BCUT2D eigenvalue weighted by atomic mass is 10.0. The lowest BCUT2D eigenvalue weighted by Gasteiger charge is -2.31. The van der Waals surface area contributed by atoms with Gasteiger partial charge in [-0.3, -0.25) is 0 Å². The monoisotopic (exact) mass is 455 g/mol. The van der Waals surface area contributed by atoms with Gasteiger partial charge in [-0.15, -0.1) is 0 Å². The molecule has 31 heavy (non-hydrogen) atoms. The highest BCUT2D eigenvalue weighted by Gasteiger charge is 2.35. The van der Waals surface area contributed by atoms with E-state index in [2.05, 4.69) is 0 Å². The summed E-state index contributed by atoms with van der Waals surface area (Å²) in [6, 6.07) is 23.3. The minimum atomic E-state index is -3.66. The van der Waals surface area contributed by atoms with E-state index in [0.717, 1.165) is 11.1 Å². The maximum atomic E-state index is 13.1. The number of hydrogen-bond acceptors (Lipinski definition) is 4. The first-order valence-corrected chi connectivity index (χ1v) is 13.2. The van der Waals surface area contributed by atoms with E-state index in [1.165, 1.54) is 9.87 Å². The van der Waals surface area contributed by atoms with Gasteiger partial charge in [0.2, 0.25) is 10.0 Å². The van der Waals surface area contributed by atoms with Gasteiger partial charge in [-0.1, -0.05) is 60.2 Å². The van der Waals surface area contributed by atoms with Gasteiger partial charge in [-0.05, 0) is 55.2 Å². The van der Waals surface area contributed by atoms with E-state index < -0.39 is 25.1 Å². The van der Waals surface area contributed by atoms with E-state index in [-0.39, 0.29) is 30.8 Å². The largest absolute Gasteiger partial charge is 0.243 e. The van der Waals surface area contributed by atoms with Gasteiger partial charge in [0.1, 0.15) is 0 Å². The van der Waals surface area contributed by atoms with Crippen LogP contribution < -0.4 is 0 Å². The number of benzene rings is 3. The van der Waals surface area contributed by atoms with Crippen molar-refractivity contribution in [2.45, 2.75) is 34.8 Å². The van der Waals surface area contributed by atoms with Gasteiger partial charge >= 0.3 is 0 Å². The predicted molar refractivity (Wildman–Crippen MR) is 122 cm³/mol. The average Bonchev–Trinajstić information content (AvgIpc) is 2.80. The second-order valence-electron chi connectivity index (χ2n) is 7.85. The molecule has 0 N–H and O–H groups in total. The average molecular weight is 456 g/mol. The van der Waals surface area contributed by atoms with E-state index >= 15 is 0 Å². The quantitative estimate of drug-likeness (QED) is 0.575. The normalized spacial score (nSPS) is 16.3. The van der Waals surface area contributed by atoms with Gasteiger partial charge in [0.05, 0.1) is 15.0 Å². The Morgan fingerprint density at radius 3 is 1.74 bits per heavy atom. The summed E-state index contributed by atoms with van der Waals surface area (Å²) in [4.78, 5) is 0.524. The summed E-state index contributed by atoms with van der Waals surface area (Å²) in [6.07, 6.45) is 0.579. The molecule has 0 radical (unpaired) electrons. The molecule has 0 spiro atoms. The second kappa shape index (κ2) is 8.57. The van der Waals surface area contributed by atoms with Crippen molar-refractivity contribution < 1.29 is 16.8 Å². The van der Waals surface area contributed by atoms with E-state index in [1.807, 2.05) is 43.3 Å². The first-order chi connectivity index (χ1) is 14.8. The number of sulfonamides is 1. The Labute approximate surface area is 184 Å². The molecule has 1 saturated heterocycles.